The molecule has 0 aliphatic heterocycles. The molecular formula is C26H39NO10. The van der Waals surface area contributed by atoms with E-state index in [9.17, 15) is 19.2 Å². The number of ether oxygens (including phenoxy) is 6. The fraction of sp³-hybridized carbons (Fsp3) is 0.615. The summed E-state index contributed by atoms with van der Waals surface area (Å²) < 4.78 is 30.6. The molecule has 11 heteroatoms. The molecule has 0 saturated carbocycles. The van der Waals surface area contributed by atoms with Crippen molar-refractivity contribution in [1.29, 1.82) is 0 Å². The van der Waals surface area contributed by atoms with Crippen molar-refractivity contribution >= 4 is 24.2 Å². The number of carbonyl (C=O) groups is 4. The fourth-order valence-corrected chi connectivity index (χ4v) is 2.71. The summed E-state index contributed by atoms with van der Waals surface area (Å²) in [5.41, 5.74) is 6.50. The molecule has 3 atom stereocenters. The Labute approximate surface area is 217 Å². The second-order valence-electron chi connectivity index (χ2n) is 8.90. The van der Waals surface area contributed by atoms with Crippen LogP contribution in [-0.2, 0) is 35.0 Å². The van der Waals surface area contributed by atoms with E-state index in [-0.39, 0.29) is 55.5 Å². The van der Waals surface area contributed by atoms with Crippen molar-refractivity contribution in [2.45, 2.75) is 73.0 Å². The summed E-state index contributed by atoms with van der Waals surface area (Å²) in [5, 5.41) is 0. The van der Waals surface area contributed by atoms with Gasteiger partial charge in [0, 0.05) is 0 Å². The Balaban J connectivity index is 2.81. The van der Waals surface area contributed by atoms with E-state index in [4.69, 9.17) is 34.2 Å². The Kier molecular flexibility index (Phi) is 14.1. The molecule has 0 amide bonds. The monoisotopic (exact) mass is 525 g/mol. The van der Waals surface area contributed by atoms with Crippen molar-refractivity contribution in [2.24, 2.45) is 17.6 Å². The van der Waals surface area contributed by atoms with Gasteiger partial charge in [-0.15, -0.1) is 0 Å². The average molecular weight is 526 g/mol. The molecule has 37 heavy (non-hydrogen) atoms. The maximum absolute atomic E-state index is 12.4. The van der Waals surface area contributed by atoms with E-state index < -0.39 is 30.4 Å². The number of hydrogen-bond donors (Lipinski definition) is 1. The van der Waals surface area contributed by atoms with Crippen LogP contribution in [0.3, 0.4) is 0 Å². The van der Waals surface area contributed by atoms with Gasteiger partial charge < -0.3 is 34.2 Å². The van der Waals surface area contributed by atoms with Gasteiger partial charge in [0.2, 0.25) is 0 Å². The quantitative estimate of drug-likeness (QED) is 0.212. The van der Waals surface area contributed by atoms with Crippen LogP contribution in [0, 0.1) is 11.8 Å². The van der Waals surface area contributed by atoms with Crippen molar-refractivity contribution in [2.75, 3.05) is 19.8 Å². The summed E-state index contributed by atoms with van der Waals surface area (Å²) in [5.74, 6) is -1.40. The molecule has 0 bridgehead atoms. The first kappa shape index (κ1) is 31.7. The second kappa shape index (κ2) is 16.4. The van der Waals surface area contributed by atoms with E-state index in [1.54, 1.807) is 19.9 Å². The molecule has 11 nitrogen and oxygen atoms in total. The first-order valence-electron chi connectivity index (χ1n) is 12.4. The van der Waals surface area contributed by atoms with Crippen LogP contribution in [0.1, 0.15) is 59.9 Å². The molecule has 0 aliphatic rings. The zero-order valence-electron chi connectivity index (χ0n) is 22.4. The highest BCUT2D eigenvalue weighted by atomic mass is 16.7. The third-order valence-electron chi connectivity index (χ3n) is 5.15. The second-order valence-corrected chi connectivity index (χ2v) is 8.90. The van der Waals surface area contributed by atoms with Crippen molar-refractivity contribution in [3.05, 3.63) is 23.8 Å². The van der Waals surface area contributed by atoms with Gasteiger partial charge in [-0.2, -0.15) is 0 Å². The topological polar surface area (TPSA) is 150 Å². The minimum Gasteiger partial charge on any atom is -0.461 e. The van der Waals surface area contributed by atoms with Gasteiger partial charge in [0.05, 0.1) is 19.1 Å². The molecule has 1 unspecified atom stereocenters. The van der Waals surface area contributed by atoms with Crippen LogP contribution in [-0.4, -0.2) is 56.2 Å². The van der Waals surface area contributed by atoms with E-state index >= 15 is 0 Å². The van der Waals surface area contributed by atoms with Crippen molar-refractivity contribution < 1.29 is 47.6 Å². The van der Waals surface area contributed by atoms with Crippen LogP contribution in [0.2, 0.25) is 0 Å². The molecule has 0 aliphatic carbocycles. The number of nitrogens with two attached hydrogens (primary N) is 1. The van der Waals surface area contributed by atoms with Gasteiger partial charge in [0.25, 0.3) is 0 Å². The highest BCUT2D eigenvalue weighted by molar-refractivity contribution is 5.76. The maximum atomic E-state index is 12.4. The van der Waals surface area contributed by atoms with Crippen LogP contribution >= 0.6 is 0 Å². The predicted molar refractivity (Wildman–Crippen MR) is 133 cm³/mol. The normalized spacial score (nSPS) is 13.2. The molecule has 208 valence electrons. The van der Waals surface area contributed by atoms with Gasteiger partial charge in [-0.05, 0) is 49.8 Å². The lowest BCUT2D eigenvalue weighted by Gasteiger charge is -2.19. The SMILES string of the molecule is CCCOC(=O)Oc1ccc(C[C@H](N)C(=O)OC[C@H](C)OC(=O)C(C)C(C)C)cc1OC(=O)OCCC. The highest BCUT2D eigenvalue weighted by Gasteiger charge is 2.23. The summed E-state index contributed by atoms with van der Waals surface area (Å²) >= 11 is 0. The first-order valence-corrected chi connectivity index (χ1v) is 12.4. The number of benzene rings is 1. The maximum Gasteiger partial charge on any atom is 0.513 e. The molecule has 0 spiro atoms. The molecular weight excluding hydrogens is 486 g/mol. The van der Waals surface area contributed by atoms with E-state index in [0.717, 1.165) is 0 Å². The number of rotatable bonds is 14. The van der Waals surface area contributed by atoms with E-state index in [0.29, 0.717) is 18.4 Å². The Morgan fingerprint density at radius 2 is 1.38 bits per heavy atom. The number of carbonyl (C=O) groups excluding carboxylic acids is 4. The van der Waals surface area contributed by atoms with Gasteiger partial charge in [-0.1, -0.05) is 40.7 Å². The Morgan fingerprint density at radius 1 is 0.811 bits per heavy atom. The molecule has 1 aromatic carbocycles. The summed E-state index contributed by atoms with van der Waals surface area (Å²) in [4.78, 5) is 48.3. The number of hydrogen-bond acceptors (Lipinski definition) is 11. The molecule has 0 radical (unpaired) electrons. The predicted octanol–water partition coefficient (Wildman–Crippen LogP) is 4.17. The highest BCUT2D eigenvalue weighted by Crippen LogP contribution is 2.30. The van der Waals surface area contributed by atoms with Crippen LogP contribution in [0.15, 0.2) is 18.2 Å². The average Bonchev–Trinajstić information content (AvgIpc) is 2.85. The van der Waals surface area contributed by atoms with Crippen LogP contribution in [0.25, 0.3) is 0 Å². The zero-order chi connectivity index (χ0) is 28.0. The van der Waals surface area contributed by atoms with Gasteiger partial charge in [0.15, 0.2) is 11.5 Å². The fourth-order valence-electron chi connectivity index (χ4n) is 2.71. The Morgan fingerprint density at radius 3 is 1.92 bits per heavy atom. The molecule has 2 N–H and O–H groups in total. The summed E-state index contributed by atoms with van der Waals surface area (Å²) in [6.45, 7) is 11.0. The molecule has 0 saturated heterocycles. The van der Waals surface area contributed by atoms with Gasteiger partial charge in [-0.25, -0.2) is 9.59 Å². The molecule has 1 aromatic rings. The van der Waals surface area contributed by atoms with E-state index in [2.05, 4.69) is 0 Å². The van der Waals surface area contributed by atoms with Crippen molar-refractivity contribution in [3.63, 3.8) is 0 Å². The third kappa shape index (κ3) is 12.0. The smallest absolute Gasteiger partial charge is 0.461 e. The Hall–Kier alpha value is -3.34. The van der Waals surface area contributed by atoms with Crippen molar-refractivity contribution in [1.82, 2.24) is 0 Å². The summed E-state index contributed by atoms with van der Waals surface area (Å²) in [6.07, 6.45) is -1.36. The lowest BCUT2D eigenvalue weighted by atomic mass is 9.98. The standard InChI is InChI=1S/C26H39NO10/c1-7-11-32-25(30)36-21-10-9-19(14-22(21)37-26(31)33-12-8-2)13-20(27)24(29)34-15-17(5)35-23(28)18(6)16(3)4/h9-10,14,16-18,20H,7-8,11-13,15,27H2,1-6H3/t17-,18?,20-/m0/s1. The third-order valence-corrected chi connectivity index (χ3v) is 5.15. The van der Waals surface area contributed by atoms with Gasteiger partial charge in [0.1, 0.15) is 18.8 Å². The zero-order valence-corrected chi connectivity index (χ0v) is 22.4. The number of esters is 2. The van der Waals surface area contributed by atoms with E-state index in [1.165, 1.54) is 12.1 Å². The lowest BCUT2D eigenvalue weighted by molar-refractivity contribution is -0.162. The minimum atomic E-state index is -1.06. The Bertz CT molecular complexity index is 901. The van der Waals surface area contributed by atoms with Crippen LogP contribution in [0.4, 0.5) is 9.59 Å². The van der Waals surface area contributed by atoms with Crippen LogP contribution in [0.5, 0.6) is 11.5 Å². The van der Waals surface area contributed by atoms with Crippen LogP contribution < -0.4 is 15.2 Å². The first-order chi connectivity index (χ1) is 17.5. The molecule has 0 fully saturated rings. The summed E-state index contributed by atoms with van der Waals surface area (Å²) in [6, 6.07) is 3.29. The van der Waals surface area contributed by atoms with E-state index in [1.807, 2.05) is 27.7 Å². The molecule has 0 heterocycles. The van der Waals surface area contributed by atoms with Gasteiger partial charge >= 0.3 is 24.2 Å². The van der Waals surface area contributed by atoms with Gasteiger partial charge in [-0.3, -0.25) is 9.59 Å². The summed E-state index contributed by atoms with van der Waals surface area (Å²) in [7, 11) is 0. The van der Waals surface area contributed by atoms with Crippen molar-refractivity contribution in [3.8, 4) is 11.5 Å². The largest absolute Gasteiger partial charge is 0.513 e. The lowest BCUT2D eigenvalue weighted by Crippen LogP contribution is -2.36. The molecule has 1 rings (SSSR count). The minimum absolute atomic E-state index is 0.0261. The molecule has 0 aromatic heterocycles.